The molecule has 4 aliphatic heterocycles. The number of rotatable bonds is 6. The van der Waals surface area contributed by atoms with Crippen LogP contribution in [-0.4, -0.2) is 119 Å². The van der Waals surface area contributed by atoms with Crippen molar-refractivity contribution in [2.45, 2.75) is 36.5 Å². The van der Waals surface area contributed by atoms with Crippen molar-refractivity contribution in [2.24, 2.45) is 5.16 Å². The molecule has 0 radical (unpaired) electrons. The van der Waals surface area contributed by atoms with E-state index in [1.54, 1.807) is 0 Å². The number of nitrogens with two attached hydrogens (primary N) is 1. The van der Waals surface area contributed by atoms with Gasteiger partial charge < -0.3 is 31.2 Å². The van der Waals surface area contributed by atoms with Crippen molar-refractivity contribution in [3.05, 3.63) is 28.7 Å². The molecule has 224 valence electrons. The molecule has 5 N–H and O–H groups in total. The molecule has 4 amide bonds. The van der Waals surface area contributed by atoms with E-state index in [1.807, 2.05) is 0 Å². The minimum absolute atomic E-state index is 0.0104. The van der Waals surface area contributed by atoms with Crippen LogP contribution in [0.4, 0.5) is 18.3 Å². The van der Waals surface area contributed by atoms with E-state index in [4.69, 9.17) is 5.73 Å². The van der Waals surface area contributed by atoms with Crippen molar-refractivity contribution < 1.29 is 47.5 Å². The number of allylic oxidation sites excluding steroid dienone is 1. The molecule has 3 saturated heterocycles. The van der Waals surface area contributed by atoms with Crippen molar-refractivity contribution in [1.82, 2.24) is 29.4 Å². The van der Waals surface area contributed by atoms with Gasteiger partial charge in [-0.2, -0.15) is 22.5 Å². The SMILES string of the molecule is Nc1nc(/C(=N/O)C(=O)N[C@@H]2C(=O)N3C(C(=O)O)=C(/C=C4\CCN(C5CCN(C(=O)C(F)(F)F)C5)C4=O)CS[C@H]23)ns1. The van der Waals surface area contributed by atoms with Crippen LogP contribution in [0.3, 0.4) is 0 Å². The van der Waals surface area contributed by atoms with Gasteiger partial charge in [0.25, 0.3) is 11.8 Å². The Morgan fingerprint density at radius 1 is 1.21 bits per heavy atom. The van der Waals surface area contributed by atoms with Gasteiger partial charge in [-0.25, -0.2) is 4.79 Å². The number of carbonyl (C=O) groups is 5. The summed E-state index contributed by atoms with van der Waals surface area (Å²) in [5, 5.41) is 23.6. The minimum Gasteiger partial charge on any atom is -0.477 e. The van der Waals surface area contributed by atoms with Crippen molar-refractivity contribution in [1.29, 1.82) is 0 Å². The second-order valence-corrected chi connectivity index (χ2v) is 11.4. The van der Waals surface area contributed by atoms with E-state index in [0.717, 1.165) is 28.2 Å². The predicted octanol–water partition coefficient (Wildman–Crippen LogP) is -0.641. The Morgan fingerprint density at radius 2 is 1.95 bits per heavy atom. The Labute approximate surface area is 242 Å². The topological polar surface area (TPSA) is 212 Å². The molecule has 0 bridgehead atoms. The summed E-state index contributed by atoms with van der Waals surface area (Å²) in [6, 6.07) is -1.77. The van der Waals surface area contributed by atoms with Crippen LogP contribution >= 0.6 is 23.3 Å². The molecule has 20 heteroatoms. The lowest BCUT2D eigenvalue weighted by molar-refractivity contribution is -0.184. The second-order valence-electron chi connectivity index (χ2n) is 9.55. The summed E-state index contributed by atoms with van der Waals surface area (Å²) in [6.07, 6.45) is -3.27. The first-order chi connectivity index (χ1) is 19.8. The van der Waals surface area contributed by atoms with Crippen LogP contribution in [0.2, 0.25) is 0 Å². The number of fused-ring (bicyclic) bond motifs is 1. The number of nitrogens with zero attached hydrogens (tertiary/aromatic N) is 6. The molecular formula is C22H21F3N8O7S2. The molecule has 0 spiro atoms. The Kier molecular flexibility index (Phi) is 7.60. The van der Waals surface area contributed by atoms with E-state index in [9.17, 15) is 47.5 Å². The average Bonchev–Trinajstić information content (AvgIpc) is 3.67. The van der Waals surface area contributed by atoms with Crippen molar-refractivity contribution >= 4 is 63.7 Å². The molecule has 0 saturated carbocycles. The van der Waals surface area contributed by atoms with Gasteiger partial charge in [0.2, 0.25) is 17.4 Å². The van der Waals surface area contributed by atoms with Crippen molar-refractivity contribution in [3.63, 3.8) is 0 Å². The van der Waals surface area contributed by atoms with Crippen molar-refractivity contribution in [3.8, 4) is 0 Å². The molecule has 1 unspecified atom stereocenters. The summed E-state index contributed by atoms with van der Waals surface area (Å²) in [7, 11) is 0. The lowest BCUT2D eigenvalue weighted by atomic mass is 10.0. The Hall–Kier alpha value is -4.20. The molecule has 15 nitrogen and oxygen atoms in total. The van der Waals surface area contributed by atoms with Gasteiger partial charge >= 0.3 is 18.1 Å². The van der Waals surface area contributed by atoms with Crippen LogP contribution in [-0.2, 0) is 24.0 Å². The highest BCUT2D eigenvalue weighted by molar-refractivity contribution is 8.00. The largest absolute Gasteiger partial charge is 0.477 e. The quantitative estimate of drug-likeness (QED) is 0.102. The molecule has 4 aliphatic rings. The number of thioether (sulfide) groups is 1. The highest BCUT2D eigenvalue weighted by atomic mass is 32.2. The van der Waals surface area contributed by atoms with Crippen molar-refractivity contribution in [2.75, 3.05) is 31.1 Å². The number of hydrogen-bond acceptors (Lipinski definition) is 12. The molecule has 3 atom stereocenters. The molecule has 0 aliphatic carbocycles. The number of halogens is 3. The van der Waals surface area contributed by atoms with Gasteiger partial charge in [0.05, 0.1) is 6.04 Å². The van der Waals surface area contributed by atoms with Crippen LogP contribution in [0.5, 0.6) is 0 Å². The van der Waals surface area contributed by atoms with E-state index in [0.29, 0.717) is 4.90 Å². The first-order valence-electron chi connectivity index (χ1n) is 12.2. The zero-order valence-electron chi connectivity index (χ0n) is 21.2. The number of nitrogens with one attached hydrogen (secondary N) is 1. The Bertz CT molecular complexity index is 1480. The fourth-order valence-corrected chi connectivity index (χ4v) is 6.91. The fraction of sp³-hybridized carbons (Fsp3) is 0.455. The number of amides is 4. The van der Waals surface area contributed by atoms with Gasteiger partial charge in [0.15, 0.2) is 5.13 Å². The van der Waals surface area contributed by atoms with E-state index >= 15 is 0 Å². The summed E-state index contributed by atoms with van der Waals surface area (Å²) < 4.78 is 42.2. The highest BCUT2D eigenvalue weighted by Gasteiger charge is 2.54. The first-order valence-corrected chi connectivity index (χ1v) is 14.0. The van der Waals surface area contributed by atoms with Gasteiger partial charge in [-0.05, 0) is 24.5 Å². The minimum atomic E-state index is -5.01. The van der Waals surface area contributed by atoms with Gasteiger partial charge in [0.1, 0.15) is 17.1 Å². The molecule has 0 aromatic carbocycles. The summed E-state index contributed by atoms with van der Waals surface area (Å²) in [5.41, 5.74) is 4.91. The van der Waals surface area contributed by atoms with Crippen LogP contribution in [0.15, 0.2) is 28.1 Å². The maximum absolute atomic E-state index is 13.1. The molecule has 1 aromatic rings. The Morgan fingerprint density at radius 3 is 2.57 bits per heavy atom. The number of oxime groups is 1. The van der Waals surface area contributed by atoms with Gasteiger partial charge in [-0.15, -0.1) is 11.8 Å². The predicted molar refractivity (Wildman–Crippen MR) is 138 cm³/mol. The molecule has 5 heterocycles. The number of aromatic nitrogens is 2. The van der Waals surface area contributed by atoms with E-state index < -0.39 is 58.9 Å². The molecule has 5 rings (SSSR count). The maximum Gasteiger partial charge on any atom is 0.471 e. The number of carboxylic acid groups (broad SMARTS) is 1. The van der Waals surface area contributed by atoms with E-state index in [1.165, 1.54) is 11.0 Å². The maximum atomic E-state index is 13.1. The number of hydrogen-bond donors (Lipinski definition) is 4. The molecule has 42 heavy (non-hydrogen) atoms. The van der Waals surface area contributed by atoms with E-state index in [2.05, 4.69) is 19.8 Å². The summed E-state index contributed by atoms with van der Waals surface area (Å²) >= 11 is 1.88. The summed E-state index contributed by atoms with van der Waals surface area (Å²) in [6.45, 7) is -0.227. The van der Waals surface area contributed by atoms with Crippen LogP contribution < -0.4 is 11.1 Å². The van der Waals surface area contributed by atoms with Crippen LogP contribution in [0, 0.1) is 0 Å². The van der Waals surface area contributed by atoms with E-state index in [-0.39, 0.29) is 66.0 Å². The van der Waals surface area contributed by atoms with Gasteiger partial charge in [-0.3, -0.25) is 24.1 Å². The first kappa shape index (κ1) is 29.3. The monoisotopic (exact) mass is 630 g/mol. The zero-order chi connectivity index (χ0) is 30.5. The summed E-state index contributed by atoms with van der Waals surface area (Å²) in [4.78, 5) is 69.2. The normalized spacial score (nSPS) is 25.7. The zero-order valence-corrected chi connectivity index (χ0v) is 22.8. The standard InChI is InChI=1S/C22H21F3N8O7S2/c23-22(24,25)20(39)31-3-2-10(6-31)32-4-1-8(16(32)35)5-9-7-41-18-12(17(36)33(18)13(9)19(37)38)27-15(34)11(29-40)14-28-21(26)42-30-14/h5,10,12,18,40H,1-4,6-7H2,(H,27,34)(H,37,38)(H2,26,28,30)/b8-5+,29-11-/t10?,12-,18-/m1/s1. The van der Waals surface area contributed by atoms with Crippen LogP contribution in [0.25, 0.3) is 0 Å². The molecule has 3 fully saturated rings. The highest BCUT2D eigenvalue weighted by Crippen LogP contribution is 2.41. The molecule has 1 aromatic heterocycles. The van der Waals surface area contributed by atoms with Crippen LogP contribution in [0.1, 0.15) is 18.7 Å². The third kappa shape index (κ3) is 5.14. The third-order valence-electron chi connectivity index (χ3n) is 7.10. The van der Waals surface area contributed by atoms with Gasteiger partial charge in [0, 0.05) is 42.5 Å². The fourth-order valence-electron chi connectivity index (χ4n) is 5.17. The smallest absolute Gasteiger partial charge is 0.471 e. The molecular weight excluding hydrogens is 609 g/mol. The number of anilines is 1. The number of alkyl halides is 3. The summed E-state index contributed by atoms with van der Waals surface area (Å²) in [5.74, 6) is -5.83. The average molecular weight is 631 g/mol. The third-order valence-corrected chi connectivity index (χ3v) is 8.94. The number of β-lactam (4-membered cyclic amide) rings is 1. The number of aliphatic carboxylic acids is 1. The number of carbonyl (C=O) groups excluding carboxylic acids is 4. The number of nitrogen functional groups attached to an aromatic ring is 1. The van der Waals surface area contributed by atoms with Gasteiger partial charge in [-0.1, -0.05) is 5.16 Å². The number of likely N-dealkylation sites (tertiary alicyclic amines) is 2. The lowest BCUT2D eigenvalue weighted by Crippen LogP contribution is -2.71. The number of carboxylic acids is 1. The second kappa shape index (κ2) is 10.9. The lowest BCUT2D eigenvalue weighted by Gasteiger charge is -2.49. The Balaban J connectivity index is 1.29.